The van der Waals surface area contributed by atoms with E-state index < -0.39 is 0 Å². The molecule has 2 aromatic carbocycles. The van der Waals surface area contributed by atoms with Crippen molar-refractivity contribution in [1.82, 2.24) is 25.4 Å². The molecule has 4 rings (SSSR count). The molecule has 0 spiro atoms. The Balaban J connectivity index is 1.24. The predicted molar refractivity (Wildman–Crippen MR) is 109 cm³/mol. The molecule has 140 valence electrons. The van der Waals surface area contributed by atoms with Crippen LogP contribution in [0.1, 0.15) is 11.1 Å². The summed E-state index contributed by atoms with van der Waals surface area (Å²) in [6.45, 7) is 1.03. The van der Waals surface area contributed by atoms with Crippen LogP contribution in [0.2, 0.25) is 0 Å². The third kappa shape index (κ3) is 4.35. The Morgan fingerprint density at radius 1 is 0.929 bits per heavy atom. The van der Waals surface area contributed by atoms with Gasteiger partial charge in [-0.1, -0.05) is 30.3 Å². The van der Waals surface area contributed by atoms with Crippen molar-refractivity contribution in [2.45, 2.75) is 13.0 Å². The van der Waals surface area contributed by atoms with E-state index in [-0.39, 0.29) is 6.03 Å². The molecule has 28 heavy (non-hydrogen) atoms. The van der Waals surface area contributed by atoms with Crippen LogP contribution in [-0.4, -0.2) is 27.3 Å². The summed E-state index contributed by atoms with van der Waals surface area (Å²) in [4.78, 5) is 16.2. The summed E-state index contributed by atoms with van der Waals surface area (Å²) in [7, 11) is 0. The van der Waals surface area contributed by atoms with E-state index in [1.54, 1.807) is 6.20 Å². The zero-order valence-electron chi connectivity index (χ0n) is 15.4. The van der Waals surface area contributed by atoms with Gasteiger partial charge in [0, 0.05) is 37.1 Å². The summed E-state index contributed by atoms with van der Waals surface area (Å²) >= 11 is 0. The molecule has 0 saturated carbocycles. The molecule has 0 aliphatic carbocycles. The first-order valence-electron chi connectivity index (χ1n) is 9.21. The molecule has 0 aliphatic heterocycles. The number of fused-ring (bicyclic) bond motifs is 1. The molecule has 2 heterocycles. The second-order valence-corrected chi connectivity index (χ2v) is 6.55. The Labute approximate surface area is 163 Å². The SMILES string of the molecule is O=C(NCCc1cnn(-c2ccccc2)c1)NCc1ccc2cnccc2c1. The van der Waals surface area contributed by atoms with Gasteiger partial charge in [-0.15, -0.1) is 0 Å². The van der Waals surface area contributed by atoms with Crippen LogP contribution in [-0.2, 0) is 13.0 Å². The third-order valence-corrected chi connectivity index (χ3v) is 4.51. The van der Waals surface area contributed by atoms with Gasteiger partial charge in [-0.05, 0) is 47.2 Å². The van der Waals surface area contributed by atoms with Crippen molar-refractivity contribution in [3.8, 4) is 5.69 Å². The number of aromatic nitrogens is 3. The fraction of sp³-hybridized carbons (Fsp3) is 0.136. The van der Waals surface area contributed by atoms with Gasteiger partial charge in [0.2, 0.25) is 0 Å². The molecule has 0 aliphatic rings. The molecule has 0 bridgehead atoms. The average Bonchev–Trinajstić information content (AvgIpc) is 3.22. The number of hydrogen-bond acceptors (Lipinski definition) is 3. The highest BCUT2D eigenvalue weighted by molar-refractivity contribution is 5.82. The summed E-state index contributed by atoms with van der Waals surface area (Å²) in [5, 5.41) is 12.4. The highest BCUT2D eigenvalue weighted by atomic mass is 16.2. The van der Waals surface area contributed by atoms with E-state index in [9.17, 15) is 4.79 Å². The number of hydrogen-bond donors (Lipinski definition) is 2. The molecule has 0 radical (unpaired) electrons. The summed E-state index contributed by atoms with van der Waals surface area (Å²) in [5.41, 5.74) is 3.15. The van der Waals surface area contributed by atoms with Crippen LogP contribution in [0.3, 0.4) is 0 Å². The van der Waals surface area contributed by atoms with Crippen LogP contribution >= 0.6 is 0 Å². The van der Waals surface area contributed by atoms with Gasteiger partial charge >= 0.3 is 6.03 Å². The number of amides is 2. The van der Waals surface area contributed by atoms with Crippen molar-refractivity contribution in [3.05, 3.63) is 90.5 Å². The van der Waals surface area contributed by atoms with E-state index >= 15 is 0 Å². The van der Waals surface area contributed by atoms with E-state index in [1.807, 2.05) is 71.8 Å². The van der Waals surface area contributed by atoms with Crippen LogP contribution in [0.25, 0.3) is 16.5 Å². The first-order valence-corrected chi connectivity index (χ1v) is 9.21. The summed E-state index contributed by atoms with van der Waals surface area (Å²) in [6, 6.07) is 17.8. The first kappa shape index (κ1) is 17.7. The number of pyridine rings is 1. The van der Waals surface area contributed by atoms with Gasteiger partial charge in [-0.25, -0.2) is 9.48 Å². The van der Waals surface area contributed by atoms with Crippen molar-refractivity contribution >= 4 is 16.8 Å². The minimum atomic E-state index is -0.176. The molecule has 2 N–H and O–H groups in total. The maximum absolute atomic E-state index is 12.0. The number of benzene rings is 2. The lowest BCUT2D eigenvalue weighted by atomic mass is 10.1. The Morgan fingerprint density at radius 2 is 1.82 bits per heavy atom. The Hall–Kier alpha value is -3.67. The minimum absolute atomic E-state index is 0.176. The fourth-order valence-corrected chi connectivity index (χ4v) is 3.02. The Kier molecular flexibility index (Phi) is 5.29. The number of carbonyl (C=O) groups excluding carboxylic acids is 1. The van der Waals surface area contributed by atoms with Crippen LogP contribution in [0.4, 0.5) is 4.79 Å². The molecule has 0 atom stereocenters. The molecular formula is C22H21N5O. The lowest BCUT2D eigenvalue weighted by Crippen LogP contribution is -2.36. The molecule has 0 fully saturated rings. The van der Waals surface area contributed by atoms with Crippen LogP contribution in [0.15, 0.2) is 79.4 Å². The third-order valence-electron chi connectivity index (χ3n) is 4.51. The van der Waals surface area contributed by atoms with E-state index in [0.717, 1.165) is 34.0 Å². The van der Waals surface area contributed by atoms with Crippen LogP contribution < -0.4 is 10.6 Å². The average molecular weight is 371 g/mol. The quantitative estimate of drug-likeness (QED) is 0.545. The van der Waals surface area contributed by atoms with Crippen molar-refractivity contribution in [2.75, 3.05) is 6.54 Å². The van der Waals surface area contributed by atoms with Gasteiger partial charge < -0.3 is 10.6 Å². The number of rotatable bonds is 6. The zero-order valence-corrected chi connectivity index (χ0v) is 15.4. The fourth-order valence-electron chi connectivity index (χ4n) is 3.02. The lowest BCUT2D eigenvalue weighted by molar-refractivity contribution is 0.240. The predicted octanol–water partition coefficient (Wildman–Crippen LogP) is 3.46. The number of carbonyl (C=O) groups is 1. The number of nitrogens with one attached hydrogen (secondary N) is 2. The van der Waals surface area contributed by atoms with E-state index in [0.29, 0.717) is 13.1 Å². The van der Waals surface area contributed by atoms with Crippen LogP contribution in [0.5, 0.6) is 0 Å². The van der Waals surface area contributed by atoms with Gasteiger partial charge in [-0.2, -0.15) is 5.10 Å². The molecule has 2 aromatic heterocycles. The van der Waals surface area contributed by atoms with Crippen molar-refractivity contribution in [2.24, 2.45) is 0 Å². The van der Waals surface area contributed by atoms with Crippen molar-refractivity contribution in [3.63, 3.8) is 0 Å². The second kappa shape index (κ2) is 8.35. The highest BCUT2D eigenvalue weighted by Crippen LogP contribution is 2.14. The smallest absolute Gasteiger partial charge is 0.315 e. The number of nitrogens with zero attached hydrogens (tertiary/aromatic N) is 3. The van der Waals surface area contributed by atoms with Gasteiger partial charge in [0.15, 0.2) is 0 Å². The van der Waals surface area contributed by atoms with Crippen molar-refractivity contribution in [1.29, 1.82) is 0 Å². The number of urea groups is 1. The maximum atomic E-state index is 12.0. The second-order valence-electron chi connectivity index (χ2n) is 6.55. The largest absolute Gasteiger partial charge is 0.338 e. The molecule has 6 nitrogen and oxygen atoms in total. The summed E-state index contributed by atoms with van der Waals surface area (Å²) in [5.74, 6) is 0. The lowest BCUT2D eigenvalue weighted by Gasteiger charge is -2.08. The first-order chi connectivity index (χ1) is 13.8. The van der Waals surface area contributed by atoms with Gasteiger partial charge in [0.25, 0.3) is 0 Å². The minimum Gasteiger partial charge on any atom is -0.338 e. The van der Waals surface area contributed by atoms with E-state index in [1.165, 1.54) is 0 Å². The zero-order chi connectivity index (χ0) is 19.2. The van der Waals surface area contributed by atoms with E-state index in [2.05, 4.69) is 26.8 Å². The summed E-state index contributed by atoms with van der Waals surface area (Å²) < 4.78 is 1.84. The molecule has 2 amide bonds. The monoisotopic (exact) mass is 371 g/mol. The highest BCUT2D eigenvalue weighted by Gasteiger charge is 2.04. The summed E-state index contributed by atoms with van der Waals surface area (Å²) in [6.07, 6.45) is 8.14. The topological polar surface area (TPSA) is 71.8 Å². The van der Waals surface area contributed by atoms with Gasteiger partial charge in [0.05, 0.1) is 11.9 Å². The Morgan fingerprint density at radius 3 is 2.71 bits per heavy atom. The standard InChI is InChI=1S/C22H21N5O/c28-22(25-13-17-6-7-20-15-23-10-9-19(20)12-17)24-11-8-18-14-26-27(16-18)21-4-2-1-3-5-21/h1-7,9-10,12,14-16H,8,11,13H2,(H2,24,25,28). The molecule has 4 aromatic rings. The number of para-hydroxylation sites is 1. The normalized spacial score (nSPS) is 10.7. The molecule has 6 heteroatoms. The van der Waals surface area contributed by atoms with Gasteiger partial charge in [0.1, 0.15) is 0 Å². The van der Waals surface area contributed by atoms with Crippen LogP contribution in [0, 0.1) is 0 Å². The molecule has 0 unspecified atom stereocenters. The molecule has 0 saturated heterocycles. The van der Waals surface area contributed by atoms with E-state index in [4.69, 9.17) is 0 Å². The maximum Gasteiger partial charge on any atom is 0.315 e. The van der Waals surface area contributed by atoms with Crippen molar-refractivity contribution < 1.29 is 4.79 Å². The Bertz CT molecular complexity index is 1070. The van der Waals surface area contributed by atoms with Gasteiger partial charge in [-0.3, -0.25) is 4.98 Å². The molecular weight excluding hydrogens is 350 g/mol.